The second-order valence-electron chi connectivity index (χ2n) is 6.64. The minimum absolute atomic E-state index is 0.223. The summed E-state index contributed by atoms with van der Waals surface area (Å²) in [5.41, 5.74) is 4.68. The van der Waals surface area contributed by atoms with E-state index in [-0.39, 0.29) is 11.9 Å². The molecule has 0 saturated carbocycles. The molecule has 0 saturated heterocycles. The van der Waals surface area contributed by atoms with Crippen molar-refractivity contribution >= 4 is 6.08 Å². The van der Waals surface area contributed by atoms with Crippen LogP contribution in [0, 0.1) is 0 Å². The molecule has 2 aromatic carbocycles. The number of phenolic OH excluding ortho intramolecular Hbond substituents is 1. The van der Waals surface area contributed by atoms with E-state index in [1.54, 1.807) is 24.5 Å². The summed E-state index contributed by atoms with van der Waals surface area (Å²) in [6.07, 6.45) is 10.3. The molecule has 0 radical (unpaired) electrons. The molecule has 0 aliphatic rings. The highest BCUT2D eigenvalue weighted by Gasteiger charge is 2.03. The van der Waals surface area contributed by atoms with E-state index in [0.29, 0.717) is 0 Å². The van der Waals surface area contributed by atoms with Gasteiger partial charge in [0.1, 0.15) is 5.75 Å². The molecule has 27 heavy (non-hydrogen) atoms. The second-order valence-corrected chi connectivity index (χ2v) is 6.64. The standard InChI is InChI=1S/C23H24N2O2/c1-17(26)5-3-2-4-6-18-7-9-19(10-8-18)22-15-25-23(16-24-22)20-11-13-21(27)14-12-20/h4,6-17,26-27H,2-3,5H2,1H3. The van der Waals surface area contributed by atoms with Crippen LogP contribution >= 0.6 is 0 Å². The first-order valence-corrected chi connectivity index (χ1v) is 9.18. The highest BCUT2D eigenvalue weighted by atomic mass is 16.3. The largest absolute Gasteiger partial charge is 0.508 e. The van der Waals surface area contributed by atoms with Gasteiger partial charge in [0, 0.05) is 11.1 Å². The monoisotopic (exact) mass is 360 g/mol. The summed E-state index contributed by atoms with van der Waals surface area (Å²) < 4.78 is 0. The Kier molecular flexibility index (Phi) is 6.34. The third kappa shape index (κ3) is 5.50. The van der Waals surface area contributed by atoms with Crippen LogP contribution in [-0.2, 0) is 0 Å². The zero-order valence-corrected chi connectivity index (χ0v) is 15.4. The Balaban J connectivity index is 1.63. The number of unbranched alkanes of at least 4 members (excludes halogenated alkanes) is 1. The molecular weight excluding hydrogens is 336 g/mol. The molecule has 0 aliphatic carbocycles. The number of aromatic nitrogens is 2. The smallest absolute Gasteiger partial charge is 0.115 e. The first kappa shape index (κ1) is 18.8. The lowest BCUT2D eigenvalue weighted by Crippen LogP contribution is -1.97. The summed E-state index contributed by atoms with van der Waals surface area (Å²) in [5, 5.41) is 18.6. The van der Waals surface area contributed by atoms with Crippen molar-refractivity contribution in [3.05, 3.63) is 72.6 Å². The van der Waals surface area contributed by atoms with Crippen LogP contribution in [0.4, 0.5) is 0 Å². The van der Waals surface area contributed by atoms with Crippen LogP contribution in [0.25, 0.3) is 28.6 Å². The number of phenols is 1. The fourth-order valence-electron chi connectivity index (χ4n) is 2.77. The lowest BCUT2D eigenvalue weighted by molar-refractivity contribution is 0.182. The Morgan fingerprint density at radius 2 is 1.44 bits per heavy atom. The van der Waals surface area contributed by atoms with E-state index in [1.165, 1.54) is 0 Å². The Morgan fingerprint density at radius 3 is 1.96 bits per heavy atom. The lowest BCUT2D eigenvalue weighted by Gasteiger charge is -2.04. The number of hydrogen-bond acceptors (Lipinski definition) is 4. The summed E-state index contributed by atoms with van der Waals surface area (Å²) in [6.45, 7) is 1.82. The van der Waals surface area contributed by atoms with Crippen LogP contribution in [0.1, 0.15) is 31.7 Å². The Hall–Kier alpha value is -2.98. The Morgan fingerprint density at radius 1 is 0.889 bits per heavy atom. The van der Waals surface area contributed by atoms with Crippen molar-refractivity contribution in [1.82, 2.24) is 9.97 Å². The maximum absolute atomic E-state index is 9.37. The van der Waals surface area contributed by atoms with Gasteiger partial charge in [-0.3, -0.25) is 9.97 Å². The van der Waals surface area contributed by atoms with Gasteiger partial charge in [0.25, 0.3) is 0 Å². The molecule has 1 aromatic heterocycles. The number of allylic oxidation sites excluding steroid dienone is 1. The van der Waals surface area contributed by atoms with Crippen molar-refractivity contribution in [2.75, 3.05) is 0 Å². The van der Waals surface area contributed by atoms with Gasteiger partial charge in [-0.15, -0.1) is 0 Å². The molecule has 3 aromatic rings. The molecule has 1 heterocycles. The molecule has 3 rings (SSSR count). The summed E-state index contributed by atoms with van der Waals surface area (Å²) in [7, 11) is 0. The number of aromatic hydroxyl groups is 1. The zero-order chi connectivity index (χ0) is 19.1. The van der Waals surface area contributed by atoms with Gasteiger partial charge >= 0.3 is 0 Å². The SMILES string of the molecule is CC(O)CCCC=Cc1ccc(-c2cnc(-c3ccc(O)cc3)cn2)cc1. The highest BCUT2D eigenvalue weighted by Crippen LogP contribution is 2.22. The third-order valence-corrected chi connectivity index (χ3v) is 4.32. The molecule has 1 unspecified atom stereocenters. The number of aliphatic hydroxyl groups excluding tert-OH is 1. The van der Waals surface area contributed by atoms with E-state index in [0.717, 1.165) is 47.3 Å². The molecule has 2 N–H and O–H groups in total. The zero-order valence-electron chi connectivity index (χ0n) is 15.4. The molecule has 0 bridgehead atoms. The second kappa shape index (κ2) is 9.10. The molecule has 1 atom stereocenters. The van der Waals surface area contributed by atoms with Crippen LogP contribution in [0.2, 0.25) is 0 Å². The van der Waals surface area contributed by atoms with Crippen molar-refractivity contribution in [2.24, 2.45) is 0 Å². The summed E-state index contributed by atoms with van der Waals surface area (Å²) in [4.78, 5) is 9.00. The maximum atomic E-state index is 9.37. The van der Waals surface area contributed by atoms with Crippen LogP contribution < -0.4 is 0 Å². The Labute approximate surface area is 159 Å². The van der Waals surface area contributed by atoms with Crippen molar-refractivity contribution in [1.29, 1.82) is 0 Å². The fourth-order valence-corrected chi connectivity index (χ4v) is 2.77. The number of hydrogen-bond donors (Lipinski definition) is 2. The van der Waals surface area contributed by atoms with Gasteiger partial charge in [0.15, 0.2) is 0 Å². The van der Waals surface area contributed by atoms with E-state index in [2.05, 4.69) is 34.3 Å². The molecule has 0 aliphatic heterocycles. The highest BCUT2D eigenvalue weighted by molar-refractivity contribution is 5.64. The first-order chi connectivity index (χ1) is 13.1. The van der Waals surface area contributed by atoms with Gasteiger partial charge in [-0.05, 0) is 56.0 Å². The van der Waals surface area contributed by atoms with Crippen LogP contribution in [0.15, 0.2) is 67.0 Å². The van der Waals surface area contributed by atoms with Crippen molar-refractivity contribution in [2.45, 2.75) is 32.3 Å². The number of benzene rings is 2. The van der Waals surface area contributed by atoms with Gasteiger partial charge in [-0.2, -0.15) is 0 Å². The molecule has 138 valence electrons. The molecule has 0 amide bonds. The van der Waals surface area contributed by atoms with Crippen LogP contribution in [0.3, 0.4) is 0 Å². The topological polar surface area (TPSA) is 66.2 Å². The fraction of sp³-hybridized carbons (Fsp3) is 0.217. The van der Waals surface area contributed by atoms with E-state index in [9.17, 15) is 10.2 Å². The van der Waals surface area contributed by atoms with E-state index in [1.807, 2.05) is 31.2 Å². The van der Waals surface area contributed by atoms with Gasteiger partial charge in [0.05, 0.1) is 29.9 Å². The predicted octanol–water partition coefficient (Wildman–Crippen LogP) is 5.08. The first-order valence-electron chi connectivity index (χ1n) is 9.18. The van der Waals surface area contributed by atoms with E-state index < -0.39 is 0 Å². The quantitative estimate of drug-likeness (QED) is 0.577. The molecule has 0 spiro atoms. The number of nitrogens with zero attached hydrogens (tertiary/aromatic N) is 2. The summed E-state index contributed by atoms with van der Waals surface area (Å²) >= 11 is 0. The van der Waals surface area contributed by atoms with Crippen molar-refractivity contribution < 1.29 is 10.2 Å². The molecular formula is C23H24N2O2. The minimum Gasteiger partial charge on any atom is -0.508 e. The van der Waals surface area contributed by atoms with Crippen LogP contribution in [0.5, 0.6) is 5.75 Å². The molecule has 0 fully saturated rings. The normalized spacial score (nSPS) is 12.4. The summed E-state index contributed by atoms with van der Waals surface area (Å²) in [6, 6.07) is 15.1. The number of aliphatic hydroxyl groups is 1. The molecule has 4 nitrogen and oxygen atoms in total. The van der Waals surface area contributed by atoms with Gasteiger partial charge < -0.3 is 10.2 Å². The predicted molar refractivity (Wildman–Crippen MR) is 109 cm³/mol. The number of rotatable bonds is 7. The minimum atomic E-state index is -0.223. The lowest BCUT2D eigenvalue weighted by atomic mass is 10.1. The van der Waals surface area contributed by atoms with Crippen molar-refractivity contribution in [3.63, 3.8) is 0 Å². The van der Waals surface area contributed by atoms with Gasteiger partial charge in [-0.1, -0.05) is 36.4 Å². The maximum Gasteiger partial charge on any atom is 0.115 e. The van der Waals surface area contributed by atoms with Crippen molar-refractivity contribution in [3.8, 4) is 28.3 Å². The van der Waals surface area contributed by atoms with Gasteiger partial charge in [-0.25, -0.2) is 0 Å². The van der Waals surface area contributed by atoms with Crippen LogP contribution in [-0.4, -0.2) is 26.3 Å². The third-order valence-electron chi connectivity index (χ3n) is 4.32. The molecule has 4 heteroatoms. The summed E-state index contributed by atoms with van der Waals surface area (Å²) in [5.74, 6) is 0.237. The average Bonchev–Trinajstić information content (AvgIpc) is 2.69. The van der Waals surface area contributed by atoms with E-state index >= 15 is 0 Å². The Bertz CT molecular complexity index is 868. The average molecular weight is 360 g/mol. The van der Waals surface area contributed by atoms with Gasteiger partial charge in [0.2, 0.25) is 0 Å². The van der Waals surface area contributed by atoms with E-state index in [4.69, 9.17) is 0 Å².